The Hall–Kier alpha value is -1.56. The molecule has 0 fully saturated rings. The summed E-state index contributed by atoms with van der Waals surface area (Å²) in [6, 6.07) is 15.2. The molecule has 0 spiro atoms. The summed E-state index contributed by atoms with van der Waals surface area (Å²) in [5.41, 5.74) is 6.70. The second-order valence-electron chi connectivity index (χ2n) is 5.13. The van der Waals surface area contributed by atoms with Gasteiger partial charge in [0.15, 0.2) is 0 Å². The first kappa shape index (κ1) is 15.5. The van der Waals surface area contributed by atoms with E-state index in [-0.39, 0.29) is 0 Å². The lowest BCUT2D eigenvalue weighted by atomic mass is 9.95. The van der Waals surface area contributed by atoms with Crippen molar-refractivity contribution in [1.29, 1.82) is 0 Å². The molecule has 0 amide bonds. The molecule has 0 nitrogen and oxygen atoms in total. The Morgan fingerprint density at radius 1 is 0.684 bits per heavy atom. The lowest BCUT2D eigenvalue weighted by molar-refractivity contribution is 0.886. The molecule has 0 aliphatic rings. The monoisotopic (exact) mass is 254 g/mol. The fourth-order valence-corrected chi connectivity index (χ4v) is 1.90. The lowest BCUT2D eigenvalue weighted by Gasteiger charge is -2.09. The van der Waals surface area contributed by atoms with Crippen LogP contribution in [0.1, 0.15) is 43.4 Å². The van der Waals surface area contributed by atoms with Crippen LogP contribution in [0.3, 0.4) is 0 Å². The minimum absolute atomic E-state index is 1.32. The van der Waals surface area contributed by atoms with Crippen LogP contribution in [0.4, 0.5) is 0 Å². The maximum Gasteiger partial charge on any atom is -0.0149 e. The van der Waals surface area contributed by atoms with Crippen molar-refractivity contribution in [3.8, 4) is 11.1 Å². The molecule has 0 heterocycles. The number of aryl methyl sites for hydroxylation is 3. The van der Waals surface area contributed by atoms with E-state index in [1.807, 2.05) is 0 Å². The van der Waals surface area contributed by atoms with Gasteiger partial charge in [0.25, 0.3) is 0 Å². The summed E-state index contributed by atoms with van der Waals surface area (Å²) < 4.78 is 0. The SMILES string of the molecule is CCCC.Cc1ccc(C)c(-c2ccccc2C)c1. The fourth-order valence-electron chi connectivity index (χ4n) is 1.90. The molecule has 0 saturated heterocycles. The van der Waals surface area contributed by atoms with Crippen LogP contribution in [0.5, 0.6) is 0 Å². The zero-order chi connectivity index (χ0) is 14.3. The van der Waals surface area contributed by atoms with Gasteiger partial charge in [0, 0.05) is 0 Å². The van der Waals surface area contributed by atoms with E-state index in [9.17, 15) is 0 Å². The first-order valence-corrected chi connectivity index (χ1v) is 7.23. The van der Waals surface area contributed by atoms with Crippen molar-refractivity contribution in [2.45, 2.75) is 47.5 Å². The van der Waals surface area contributed by atoms with Gasteiger partial charge in [-0.2, -0.15) is 0 Å². The molecule has 0 aliphatic carbocycles. The van der Waals surface area contributed by atoms with Crippen molar-refractivity contribution in [1.82, 2.24) is 0 Å². The molecule has 0 heteroatoms. The molecule has 2 aromatic carbocycles. The molecule has 0 bridgehead atoms. The summed E-state index contributed by atoms with van der Waals surface area (Å²) in [7, 11) is 0. The van der Waals surface area contributed by atoms with Crippen LogP contribution in [-0.4, -0.2) is 0 Å². The van der Waals surface area contributed by atoms with Gasteiger partial charge < -0.3 is 0 Å². The Bertz CT molecular complexity index is 507. The molecule has 0 aromatic heterocycles. The average molecular weight is 254 g/mol. The van der Waals surface area contributed by atoms with E-state index < -0.39 is 0 Å². The first-order chi connectivity index (χ1) is 9.10. The van der Waals surface area contributed by atoms with Crippen LogP contribution in [0, 0.1) is 20.8 Å². The summed E-state index contributed by atoms with van der Waals surface area (Å²) >= 11 is 0. The van der Waals surface area contributed by atoms with E-state index in [1.165, 1.54) is 40.7 Å². The van der Waals surface area contributed by atoms with Gasteiger partial charge in [-0.3, -0.25) is 0 Å². The third-order valence-electron chi connectivity index (χ3n) is 3.33. The number of unbranched alkanes of at least 4 members (excludes halogenated alkanes) is 1. The van der Waals surface area contributed by atoms with Gasteiger partial charge in [-0.15, -0.1) is 0 Å². The molecule has 0 aliphatic heterocycles. The second-order valence-corrected chi connectivity index (χ2v) is 5.13. The summed E-state index contributed by atoms with van der Waals surface area (Å²) in [6.45, 7) is 10.8. The standard InChI is InChI=1S/C15H16.C4H10/c1-11-8-9-13(3)15(10-11)14-7-5-4-6-12(14)2;1-3-4-2/h4-10H,1-3H3;3-4H2,1-2H3. The van der Waals surface area contributed by atoms with Crippen LogP contribution in [0.25, 0.3) is 11.1 Å². The van der Waals surface area contributed by atoms with Crippen LogP contribution in [0.2, 0.25) is 0 Å². The number of rotatable bonds is 2. The van der Waals surface area contributed by atoms with Crippen molar-refractivity contribution in [2.75, 3.05) is 0 Å². The summed E-state index contributed by atoms with van der Waals surface area (Å²) in [4.78, 5) is 0. The molecule has 0 atom stereocenters. The predicted molar refractivity (Wildman–Crippen MR) is 86.7 cm³/mol. The Balaban J connectivity index is 0.000000399. The van der Waals surface area contributed by atoms with Gasteiger partial charge in [0.2, 0.25) is 0 Å². The topological polar surface area (TPSA) is 0 Å². The minimum Gasteiger partial charge on any atom is -0.0654 e. The van der Waals surface area contributed by atoms with Crippen LogP contribution in [-0.2, 0) is 0 Å². The quantitative estimate of drug-likeness (QED) is 0.608. The van der Waals surface area contributed by atoms with Gasteiger partial charge in [-0.25, -0.2) is 0 Å². The Morgan fingerprint density at radius 3 is 1.84 bits per heavy atom. The van der Waals surface area contributed by atoms with E-state index in [1.54, 1.807) is 0 Å². The summed E-state index contributed by atoms with van der Waals surface area (Å²) in [5, 5.41) is 0. The second kappa shape index (κ2) is 7.78. The number of hydrogen-bond acceptors (Lipinski definition) is 0. The summed E-state index contributed by atoms with van der Waals surface area (Å²) in [5.74, 6) is 0. The van der Waals surface area contributed by atoms with Crippen molar-refractivity contribution in [2.24, 2.45) is 0 Å². The van der Waals surface area contributed by atoms with Crippen molar-refractivity contribution >= 4 is 0 Å². The van der Waals surface area contributed by atoms with Gasteiger partial charge in [0.1, 0.15) is 0 Å². The van der Waals surface area contributed by atoms with Gasteiger partial charge in [0.05, 0.1) is 0 Å². The molecule has 2 aromatic rings. The molecular formula is C19H26. The molecule has 0 unspecified atom stereocenters. The highest BCUT2D eigenvalue weighted by Gasteiger charge is 2.03. The number of hydrogen-bond donors (Lipinski definition) is 0. The third kappa shape index (κ3) is 4.55. The Morgan fingerprint density at radius 2 is 1.26 bits per heavy atom. The van der Waals surface area contributed by atoms with E-state index in [4.69, 9.17) is 0 Å². The molecular weight excluding hydrogens is 228 g/mol. The molecule has 0 N–H and O–H groups in total. The minimum atomic E-state index is 1.32. The fraction of sp³-hybridized carbons (Fsp3) is 0.368. The smallest absolute Gasteiger partial charge is 0.0149 e. The first-order valence-electron chi connectivity index (χ1n) is 7.23. The lowest BCUT2D eigenvalue weighted by Crippen LogP contribution is -1.87. The molecule has 2 rings (SSSR count). The average Bonchev–Trinajstić information content (AvgIpc) is 2.43. The van der Waals surface area contributed by atoms with Crippen LogP contribution in [0.15, 0.2) is 42.5 Å². The highest BCUT2D eigenvalue weighted by molar-refractivity contribution is 5.70. The van der Waals surface area contributed by atoms with Crippen molar-refractivity contribution in [3.63, 3.8) is 0 Å². The highest BCUT2D eigenvalue weighted by Crippen LogP contribution is 2.27. The maximum absolute atomic E-state index is 2.26. The predicted octanol–water partition coefficient (Wildman–Crippen LogP) is 6.09. The van der Waals surface area contributed by atoms with E-state index in [0.717, 1.165) is 0 Å². The van der Waals surface area contributed by atoms with E-state index in [2.05, 4.69) is 77.1 Å². The largest absolute Gasteiger partial charge is 0.0654 e. The zero-order valence-electron chi connectivity index (χ0n) is 13.0. The Labute approximate surface area is 118 Å². The Kier molecular flexibility index (Phi) is 6.35. The van der Waals surface area contributed by atoms with Gasteiger partial charge in [-0.1, -0.05) is 74.7 Å². The third-order valence-corrected chi connectivity index (χ3v) is 3.33. The van der Waals surface area contributed by atoms with Gasteiger partial charge >= 0.3 is 0 Å². The van der Waals surface area contributed by atoms with Crippen molar-refractivity contribution in [3.05, 3.63) is 59.2 Å². The molecule has 0 saturated carbocycles. The number of benzene rings is 2. The van der Waals surface area contributed by atoms with Crippen molar-refractivity contribution < 1.29 is 0 Å². The van der Waals surface area contributed by atoms with Crippen LogP contribution < -0.4 is 0 Å². The van der Waals surface area contributed by atoms with Crippen LogP contribution >= 0.6 is 0 Å². The zero-order valence-corrected chi connectivity index (χ0v) is 13.0. The maximum atomic E-state index is 2.26. The summed E-state index contributed by atoms with van der Waals surface area (Å²) in [6.07, 6.45) is 2.64. The highest BCUT2D eigenvalue weighted by atomic mass is 14.1. The van der Waals surface area contributed by atoms with E-state index >= 15 is 0 Å². The normalized spacial score (nSPS) is 9.74. The molecule has 102 valence electrons. The van der Waals surface area contributed by atoms with Gasteiger partial charge in [-0.05, 0) is 43.0 Å². The van der Waals surface area contributed by atoms with E-state index in [0.29, 0.717) is 0 Å². The molecule has 19 heavy (non-hydrogen) atoms. The molecule has 0 radical (unpaired) electrons.